The first-order valence-electron chi connectivity index (χ1n) is 13.8. The van der Waals surface area contributed by atoms with Crippen molar-refractivity contribution in [2.24, 2.45) is 4.99 Å². The number of rotatable bonds is 9. The number of nitriles is 1. The Labute approximate surface area is 235 Å². The van der Waals surface area contributed by atoms with E-state index in [9.17, 15) is 10.1 Å². The van der Waals surface area contributed by atoms with Crippen LogP contribution in [0, 0.1) is 11.3 Å². The van der Waals surface area contributed by atoms with Crippen molar-refractivity contribution >= 4 is 23.8 Å². The zero-order chi connectivity index (χ0) is 28.8. The van der Waals surface area contributed by atoms with Crippen molar-refractivity contribution in [2.45, 2.75) is 94.9 Å². The van der Waals surface area contributed by atoms with Gasteiger partial charge in [0.2, 0.25) is 0 Å². The topological polar surface area (TPSA) is 133 Å². The Bertz CT molecular complexity index is 1220. The Hall–Kier alpha value is -3.27. The molecule has 3 heterocycles. The van der Waals surface area contributed by atoms with Gasteiger partial charge in [0.15, 0.2) is 17.2 Å². The van der Waals surface area contributed by atoms with Crippen molar-refractivity contribution in [3.63, 3.8) is 0 Å². The average Bonchev–Trinajstić information content (AvgIpc) is 3.49. The lowest BCUT2D eigenvalue weighted by molar-refractivity contribution is -0.232. The molecular formula is C28H40N6O6. The molecule has 2 fully saturated rings. The van der Waals surface area contributed by atoms with Crippen LogP contribution in [-0.4, -0.2) is 83.4 Å². The van der Waals surface area contributed by atoms with Crippen LogP contribution >= 0.6 is 0 Å². The molecule has 1 saturated carbocycles. The molecule has 0 unspecified atom stereocenters. The van der Waals surface area contributed by atoms with Crippen LogP contribution in [0.15, 0.2) is 23.5 Å². The van der Waals surface area contributed by atoms with Crippen LogP contribution in [-0.2, 0) is 23.7 Å². The van der Waals surface area contributed by atoms with E-state index < -0.39 is 29.8 Å². The van der Waals surface area contributed by atoms with E-state index in [0.717, 1.165) is 38.5 Å². The van der Waals surface area contributed by atoms with Gasteiger partial charge in [0.05, 0.1) is 18.1 Å². The van der Waals surface area contributed by atoms with Crippen LogP contribution < -0.4 is 0 Å². The van der Waals surface area contributed by atoms with Gasteiger partial charge in [-0.25, -0.2) is 19.3 Å². The maximum Gasteiger partial charge on any atom is 0.508 e. The highest BCUT2D eigenvalue weighted by Crippen LogP contribution is 2.44. The molecule has 4 rings (SSSR count). The summed E-state index contributed by atoms with van der Waals surface area (Å²) < 4.78 is 30.9. The lowest BCUT2D eigenvalue weighted by Crippen LogP contribution is -2.36. The minimum Gasteiger partial charge on any atom is -0.431 e. The predicted molar refractivity (Wildman–Crippen MR) is 146 cm³/mol. The van der Waals surface area contributed by atoms with Gasteiger partial charge < -0.3 is 28.6 Å². The van der Waals surface area contributed by atoms with Crippen LogP contribution in [0.3, 0.4) is 0 Å². The third kappa shape index (κ3) is 7.27. The van der Waals surface area contributed by atoms with Gasteiger partial charge in [0.1, 0.15) is 36.7 Å². The number of carbonyl (C=O) groups excluding carboxylic acids is 1. The van der Waals surface area contributed by atoms with Gasteiger partial charge in [0, 0.05) is 27.6 Å². The van der Waals surface area contributed by atoms with Crippen molar-refractivity contribution in [3.8, 4) is 6.07 Å². The van der Waals surface area contributed by atoms with Gasteiger partial charge in [-0.05, 0) is 51.7 Å². The molecule has 218 valence electrons. The number of ether oxygens (including phenoxy) is 5. The molecule has 0 bridgehead atoms. The first-order valence-corrected chi connectivity index (χ1v) is 13.8. The summed E-state index contributed by atoms with van der Waals surface area (Å²) in [5.41, 5.74) is -0.148. The number of fused-ring (bicyclic) bond motifs is 1. The standard InChI is InChI=1S/C28H40N6O6/c1-27(2,36-5)39-23-15-28(16-29,17-37-26(35)38-20-11-9-7-6-8-10-12-20)40-24(23)21-13-14-22-25(31-19-33(3)4)30-18-32-34(21)22/h13-14,18-20,23-24H,6-12,15,17H2,1-5H3/b31-19-/t23-,24+,28-/m1/s1. The van der Waals surface area contributed by atoms with Crippen LogP contribution in [0.4, 0.5) is 10.6 Å². The molecule has 12 nitrogen and oxygen atoms in total. The highest BCUT2D eigenvalue weighted by Gasteiger charge is 2.52. The summed E-state index contributed by atoms with van der Waals surface area (Å²) in [6.07, 6.45) is 8.12. The second kappa shape index (κ2) is 12.9. The SMILES string of the molecule is COC(C)(C)O[C@@H]1C[C@@](C#N)(COC(=O)OC2CCCCCCC2)O[C@H]1c1ccc2c(/N=C\N(C)C)ncnn12. The second-order valence-electron chi connectivity index (χ2n) is 11.1. The second-order valence-corrected chi connectivity index (χ2v) is 11.1. The van der Waals surface area contributed by atoms with Gasteiger partial charge in [-0.1, -0.05) is 19.3 Å². The number of methoxy groups -OCH3 is 1. The lowest BCUT2D eigenvalue weighted by atomic mass is 9.99. The van der Waals surface area contributed by atoms with Gasteiger partial charge in [-0.15, -0.1) is 0 Å². The van der Waals surface area contributed by atoms with Crippen molar-refractivity contribution < 1.29 is 28.5 Å². The maximum absolute atomic E-state index is 12.6. The van der Waals surface area contributed by atoms with Crippen LogP contribution in [0.5, 0.6) is 0 Å². The molecule has 40 heavy (non-hydrogen) atoms. The molecule has 0 radical (unpaired) electrons. The summed E-state index contributed by atoms with van der Waals surface area (Å²) in [5, 5.41) is 14.7. The molecule has 2 aromatic rings. The molecule has 12 heteroatoms. The number of carbonyl (C=O) groups is 1. The molecule has 2 aromatic heterocycles. The van der Waals surface area contributed by atoms with Gasteiger partial charge in [0.25, 0.3) is 0 Å². The van der Waals surface area contributed by atoms with Gasteiger partial charge >= 0.3 is 6.16 Å². The van der Waals surface area contributed by atoms with E-state index in [1.54, 1.807) is 31.8 Å². The van der Waals surface area contributed by atoms with E-state index >= 15 is 0 Å². The van der Waals surface area contributed by atoms with Gasteiger partial charge in [-0.3, -0.25) is 0 Å². The van der Waals surface area contributed by atoms with Crippen molar-refractivity contribution in [3.05, 3.63) is 24.2 Å². The fraction of sp³-hybridized carbons (Fsp3) is 0.679. The molecule has 3 atom stereocenters. The predicted octanol–water partition coefficient (Wildman–Crippen LogP) is 4.71. The molecule has 0 aromatic carbocycles. The van der Waals surface area contributed by atoms with Crippen molar-refractivity contribution in [1.82, 2.24) is 19.5 Å². The summed E-state index contributed by atoms with van der Waals surface area (Å²) in [5.74, 6) is -0.478. The number of aromatic nitrogens is 3. The normalized spacial score (nSPS) is 24.5. The molecule has 1 aliphatic carbocycles. The van der Waals surface area contributed by atoms with E-state index in [4.69, 9.17) is 23.7 Å². The Morgan fingerprint density at radius 3 is 2.67 bits per heavy atom. The zero-order valence-electron chi connectivity index (χ0n) is 24.0. The summed E-state index contributed by atoms with van der Waals surface area (Å²) in [7, 11) is 5.29. The minimum absolute atomic E-state index is 0.140. The summed E-state index contributed by atoms with van der Waals surface area (Å²) >= 11 is 0. The third-order valence-corrected chi connectivity index (χ3v) is 7.25. The maximum atomic E-state index is 12.6. The number of hydrogen-bond donors (Lipinski definition) is 0. The summed E-state index contributed by atoms with van der Waals surface area (Å²) in [6.45, 7) is 3.27. The molecule has 0 spiro atoms. The summed E-state index contributed by atoms with van der Waals surface area (Å²) in [4.78, 5) is 23.1. The Morgan fingerprint density at radius 2 is 2.00 bits per heavy atom. The minimum atomic E-state index is -1.46. The smallest absolute Gasteiger partial charge is 0.431 e. The number of aliphatic imine (C=N–C) groups is 1. The van der Waals surface area contributed by atoms with E-state index in [0.29, 0.717) is 17.0 Å². The Kier molecular flexibility index (Phi) is 9.60. The Morgan fingerprint density at radius 1 is 1.27 bits per heavy atom. The molecule has 0 N–H and O–H groups in total. The quantitative estimate of drug-likeness (QED) is 0.185. The van der Waals surface area contributed by atoms with Crippen LogP contribution in [0.2, 0.25) is 0 Å². The van der Waals surface area contributed by atoms with E-state index in [-0.39, 0.29) is 19.1 Å². The zero-order valence-corrected chi connectivity index (χ0v) is 24.0. The van der Waals surface area contributed by atoms with E-state index in [2.05, 4.69) is 21.1 Å². The summed E-state index contributed by atoms with van der Waals surface area (Å²) in [6, 6.07) is 5.91. The highest BCUT2D eigenvalue weighted by molar-refractivity contribution is 5.71. The molecule has 2 aliphatic rings. The number of hydrogen-bond acceptors (Lipinski definition) is 10. The average molecular weight is 557 g/mol. The molecular weight excluding hydrogens is 516 g/mol. The first kappa shape index (κ1) is 29.7. The lowest BCUT2D eigenvalue weighted by Gasteiger charge is -2.29. The van der Waals surface area contributed by atoms with Crippen molar-refractivity contribution in [1.29, 1.82) is 5.26 Å². The molecule has 0 amide bonds. The number of nitrogens with zero attached hydrogens (tertiary/aromatic N) is 6. The fourth-order valence-electron chi connectivity index (χ4n) is 5.07. The van der Waals surface area contributed by atoms with E-state index in [1.165, 1.54) is 12.7 Å². The monoisotopic (exact) mass is 556 g/mol. The van der Waals surface area contributed by atoms with Crippen molar-refractivity contribution in [2.75, 3.05) is 27.8 Å². The highest BCUT2D eigenvalue weighted by atomic mass is 16.7. The van der Waals surface area contributed by atoms with Gasteiger partial charge in [-0.2, -0.15) is 10.4 Å². The van der Waals surface area contributed by atoms with Crippen LogP contribution in [0.25, 0.3) is 5.52 Å². The van der Waals surface area contributed by atoms with E-state index in [1.807, 2.05) is 31.1 Å². The Balaban J connectivity index is 1.55. The molecule has 1 aliphatic heterocycles. The fourth-order valence-corrected chi connectivity index (χ4v) is 5.07. The largest absolute Gasteiger partial charge is 0.508 e. The first-order chi connectivity index (χ1) is 19.1. The van der Waals surface area contributed by atoms with Crippen LogP contribution in [0.1, 0.15) is 77.0 Å². The third-order valence-electron chi connectivity index (χ3n) is 7.25. The molecule has 1 saturated heterocycles.